The van der Waals surface area contributed by atoms with Gasteiger partial charge in [0.05, 0.1) is 26.0 Å². The molecule has 0 saturated carbocycles. The van der Waals surface area contributed by atoms with E-state index in [0.717, 1.165) is 22.6 Å². The van der Waals surface area contributed by atoms with Crippen molar-refractivity contribution in [2.75, 3.05) is 7.11 Å². The summed E-state index contributed by atoms with van der Waals surface area (Å²) in [7, 11) is 1.66. The van der Waals surface area contributed by atoms with Gasteiger partial charge in [0.25, 0.3) is 5.89 Å². The molecule has 164 valence electrons. The summed E-state index contributed by atoms with van der Waals surface area (Å²) in [5.74, 6) is 1.79. The predicted octanol–water partition coefficient (Wildman–Crippen LogP) is 5.18. The van der Waals surface area contributed by atoms with Crippen LogP contribution < -0.4 is 4.74 Å². The van der Waals surface area contributed by atoms with Crippen molar-refractivity contribution < 1.29 is 14.0 Å². The largest absolute Gasteiger partial charge is 0.497 e. The van der Waals surface area contributed by atoms with Crippen molar-refractivity contribution in [3.8, 4) is 28.7 Å². The molecule has 5 rings (SSSR count). The third-order valence-electron chi connectivity index (χ3n) is 5.78. The number of nitrogens with zero attached hydrogens (tertiary/aromatic N) is 4. The molecule has 7 heteroatoms. The van der Waals surface area contributed by atoms with E-state index in [0.29, 0.717) is 30.6 Å². The standard InChI is InChI=1S/C25H26N4O3/c1-25(2,3)18-9-5-17(6-10-18)23-26-24(32-28-23)21-13-19-15-31-22(14-29(19)27-21)16-7-11-20(30-4)12-8-16/h5-13,22H,14-15H2,1-4H3/t22-/m1/s1. The Morgan fingerprint density at radius 3 is 2.47 bits per heavy atom. The summed E-state index contributed by atoms with van der Waals surface area (Å²) in [4.78, 5) is 4.57. The maximum atomic E-state index is 6.06. The Hall–Kier alpha value is -3.45. The second-order valence-electron chi connectivity index (χ2n) is 9.03. The number of benzene rings is 2. The molecule has 0 saturated heterocycles. The fourth-order valence-corrected chi connectivity index (χ4v) is 3.81. The van der Waals surface area contributed by atoms with E-state index >= 15 is 0 Å². The molecule has 0 unspecified atom stereocenters. The molecule has 1 aliphatic heterocycles. The summed E-state index contributed by atoms with van der Waals surface area (Å²) >= 11 is 0. The second-order valence-corrected chi connectivity index (χ2v) is 9.03. The monoisotopic (exact) mass is 430 g/mol. The van der Waals surface area contributed by atoms with E-state index in [2.05, 4.69) is 43.0 Å². The van der Waals surface area contributed by atoms with Crippen LogP contribution in [0.2, 0.25) is 0 Å². The Morgan fingerprint density at radius 2 is 1.78 bits per heavy atom. The zero-order chi connectivity index (χ0) is 22.3. The SMILES string of the molecule is COc1ccc([C@H]2Cn3nc(-c4nc(-c5ccc(C(C)(C)C)cc5)no4)cc3CO2)cc1. The maximum Gasteiger partial charge on any atom is 0.278 e. The first-order valence-corrected chi connectivity index (χ1v) is 10.7. The van der Waals surface area contributed by atoms with Crippen molar-refractivity contribution in [2.45, 2.75) is 45.4 Å². The lowest BCUT2D eigenvalue weighted by atomic mass is 9.87. The molecular weight excluding hydrogens is 404 g/mol. The van der Waals surface area contributed by atoms with E-state index in [1.807, 2.05) is 47.1 Å². The molecule has 1 atom stereocenters. The summed E-state index contributed by atoms with van der Waals surface area (Å²) in [6, 6.07) is 18.1. The van der Waals surface area contributed by atoms with Crippen LogP contribution in [-0.2, 0) is 23.3 Å². The van der Waals surface area contributed by atoms with Gasteiger partial charge in [-0.05, 0) is 34.7 Å². The molecule has 0 radical (unpaired) electrons. The van der Waals surface area contributed by atoms with Gasteiger partial charge in [0.2, 0.25) is 5.82 Å². The lowest BCUT2D eigenvalue weighted by molar-refractivity contribution is -0.00115. The average molecular weight is 431 g/mol. The molecule has 4 aromatic rings. The Morgan fingerprint density at radius 1 is 1.03 bits per heavy atom. The van der Waals surface area contributed by atoms with Gasteiger partial charge in [-0.15, -0.1) is 0 Å². The number of hydrogen-bond acceptors (Lipinski definition) is 6. The van der Waals surface area contributed by atoms with Crippen LogP contribution in [0.5, 0.6) is 5.75 Å². The van der Waals surface area contributed by atoms with Crippen LogP contribution in [0.3, 0.4) is 0 Å². The molecule has 7 nitrogen and oxygen atoms in total. The molecule has 0 spiro atoms. The molecular formula is C25H26N4O3. The van der Waals surface area contributed by atoms with E-state index in [-0.39, 0.29) is 11.5 Å². The van der Waals surface area contributed by atoms with Gasteiger partial charge >= 0.3 is 0 Å². The third kappa shape index (κ3) is 3.91. The van der Waals surface area contributed by atoms with E-state index in [1.54, 1.807) is 7.11 Å². The molecule has 2 aromatic carbocycles. The minimum Gasteiger partial charge on any atom is -0.497 e. The fourth-order valence-electron chi connectivity index (χ4n) is 3.81. The molecule has 3 heterocycles. The van der Waals surface area contributed by atoms with Crippen LogP contribution in [0.4, 0.5) is 0 Å². The molecule has 32 heavy (non-hydrogen) atoms. The molecule has 0 N–H and O–H groups in total. The van der Waals surface area contributed by atoms with Crippen molar-refractivity contribution in [3.05, 3.63) is 71.4 Å². The highest BCUT2D eigenvalue weighted by Gasteiger charge is 2.24. The second kappa shape index (κ2) is 7.91. The minimum atomic E-state index is -0.0688. The number of rotatable bonds is 4. The van der Waals surface area contributed by atoms with E-state index in [9.17, 15) is 0 Å². The van der Waals surface area contributed by atoms with Gasteiger partial charge < -0.3 is 14.0 Å². The van der Waals surface area contributed by atoms with Crippen molar-refractivity contribution in [2.24, 2.45) is 0 Å². The summed E-state index contributed by atoms with van der Waals surface area (Å²) in [5.41, 5.74) is 5.01. The Kier molecular flexibility index (Phi) is 5.06. The van der Waals surface area contributed by atoms with Gasteiger partial charge in [-0.2, -0.15) is 10.1 Å². The number of methoxy groups -OCH3 is 1. The van der Waals surface area contributed by atoms with Gasteiger partial charge in [0.1, 0.15) is 11.9 Å². The quantitative estimate of drug-likeness (QED) is 0.444. The van der Waals surface area contributed by atoms with Gasteiger partial charge in [-0.3, -0.25) is 4.68 Å². The molecule has 0 aliphatic carbocycles. The topological polar surface area (TPSA) is 75.2 Å². The number of fused-ring (bicyclic) bond motifs is 1. The molecule has 0 amide bonds. The first-order valence-electron chi connectivity index (χ1n) is 10.7. The first-order chi connectivity index (χ1) is 15.4. The number of aromatic nitrogens is 4. The number of hydrogen-bond donors (Lipinski definition) is 0. The van der Waals surface area contributed by atoms with Crippen molar-refractivity contribution in [1.29, 1.82) is 0 Å². The highest BCUT2D eigenvalue weighted by molar-refractivity contribution is 5.58. The van der Waals surface area contributed by atoms with E-state index in [4.69, 9.17) is 19.1 Å². The smallest absolute Gasteiger partial charge is 0.278 e. The third-order valence-corrected chi connectivity index (χ3v) is 5.78. The Balaban J connectivity index is 1.34. The first kappa shape index (κ1) is 20.5. The Bertz CT molecular complexity index is 1220. The van der Waals surface area contributed by atoms with E-state index in [1.165, 1.54) is 5.56 Å². The predicted molar refractivity (Wildman–Crippen MR) is 120 cm³/mol. The Labute approximate surface area is 187 Å². The van der Waals surface area contributed by atoms with Crippen molar-refractivity contribution in [3.63, 3.8) is 0 Å². The average Bonchev–Trinajstić information content (AvgIpc) is 3.45. The lowest BCUT2D eigenvalue weighted by Crippen LogP contribution is -2.21. The zero-order valence-electron chi connectivity index (χ0n) is 18.7. The van der Waals surface area contributed by atoms with Gasteiger partial charge in [-0.1, -0.05) is 62.3 Å². The highest BCUT2D eigenvalue weighted by Crippen LogP contribution is 2.30. The maximum absolute atomic E-state index is 6.06. The molecule has 1 aliphatic rings. The van der Waals surface area contributed by atoms with Crippen LogP contribution in [-0.4, -0.2) is 27.0 Å². The van der Waals surface area contributed by atoms with Crippen molar-refractivity contribution >= 4 is 0 Å². The minimum absolute atomic E-state index is 0.0688. The van der Waals surface area contributed by atoms with E-state index < -0.39 is 0 Å². The van der Waals surface area contributed by atoms with Crippen LogP contribution in [0, 0.1) is 0 Å². The van der Waals surface area contributed by atoms with Gasteiger partial charge in [-0.25, -0.2) is 0 Å². The normalized spacial score (nSPS) is 16.1. The summed E-state index contributed by atoms with van der Waals surface area (Å²) in [6.07, 6.45) is -0.0688. The molecule has 0 bridgehead atoms. The van der Waals surface area contributed by atoms with Gasteiger partial charge in [0.15, 0.2) is 5.69 Å². The van der Waals surface area contributed by atoms with Crippen LogP contribution in [0.25, 0.3) is 23.0 Å². The lowest BCUT2D eigenvalue weighted by Gasteiger charge is -2.24. The molecule has 2 aromatic heterocycles. The number of ether oxygens (including phenoxy) is 2. The van der Waals surface area contributed by atoms with Crippen LogP contribution in [0.1, 0.15) is 43.7 Å². The highest BCUT2D eigenvalue weighted by atomic mass is 16.5. The van der Waals surface area contributed by atoms with Crippen LogP contribution in [0.15, 0.2) is 59.1 Å². The van der Waals surface area contributed by atoms with Crippen molar-refractivity contribution in [1.82, 2.24) is 19.9 Å². The summed E-state index contributed by atoms with van der Waals surface area (Å²) in [5, 5.41) is 8.86. The zero-order valence-corrected chi connectivity index (χ0v) is 18.7. The summed E-state index contributed by atoms with van der Waals surface area (Å²) < 4.78 is 18.8. The molecule has 0 fully saturated rings. The van der Waals surface area contributed by atoms with Crippen LogP contribution >= 0.6 is 0 Å². The summed E-state index contributed by atoms with van der Waals surface area (Å²) in [6.45, 7) is 7.67. The fraction of sp³-hybridized carbons (Fsp3) is 0.320. The van der Waals surface area contributed by atoms with Gasteiger partial charge in [0, 0.05) is 5.56 Å².